The number of amides is 1. The lowest BCUT2D eigenvalue weighted by Gasteiger charge is -2.26. The molecule has 1 N–H and O–H groups in total. The number of ether oxygens (including phenoxy) is 1. The molecule has 8 heteroatoms. The number of carbonyl (C=O) groups is 1. The van der Waals surface area contributed by atoms with Crippen molar-refractivity contribution in [1.29, 1.82) is 0 Å². The predicted molar refractivity (Wildman–Crippen MR) is 107 cm³/mol. The summed E-state index contributed by atoms with van der Waals surface area (Å²) < 4.78 is 32.5. The van der Waals surface area contributed by atoms with Crippen LogP contribution in [0, 0.1) is 13.8 Å². The summed E-state index contributed by atoms with van der Waals surface area (Å²) in [6.07, 6.45) is 3.19. The van der Waals surface area contributed by atoms with E-state index in [-0.39, 0.29) is 10.8 Å². The van der Waals surface area contributed by atoms with Crippen molar-refractivity contribution >= 4 is 39.0 Å². The van der Waals surface area contributed by atoms with E-state index in [2.05, 4.69) is 5.32 Å². The maximum Gasteiger partial charge on any atom is 0.248 e. The highest BCUT2D eigenvalue weighted by atomic mass is 32.2. The molecule has 0 aliphatic carbocycles. The van der Waals surface area contributed by atoms with Crippen LogP contribution in [0.15, 0.2) is 41.3 Å². The van der Waals surface area contributed by atoms with Crippen molar-refractivity contribution in [1.82, 2.24) is 4.31 Å². The van der Waals surface area contributed by atoms with Gasteiger partial charge in [-0.3, -0.25) is 4.79 Å². The molecule has 1 fully saturated rings. The largest absolute Gasteiger partial charge is 0.379 e. The second-order valence-corrected chi connectivity index (χ2v) is 9.49. The van der Waals surface area contributed by atoms with Crippen molar-refractivity contribution < 1.29 is 17.9 Å². The van der Waals surface area contributed by atoms with Crippen LogP contribution in [0.3, 0.4) is 0 Å². The van der Waals surface area contributed by atoms with Gasteiger partial charge >= 0.3 is 0 Å². The summed E-state index contributed by atoms with van der Waals surface area (Å²) >= 11 is 1.60. The molecule has 1 amide bonds. The summed E-state index contributed by atoms with van der Waals surface area (Å²) in [6, 6.07) is 8.86. The van der Waals surface area contributed by atoms with E-state index in [9.17, 15) is 13.2 Å². The Bertz CT molecular complexity index is 958. The first-order chi connectivity index (χ1) is 12.9. The highest BCUT2D eigenvalue weighted by molar-refractivity contribution is 7.89. The van der Waals surface area contributed by atoms with E-state index in [0.717, 1.165) is 4.88 Å². The Kier molecular flexibility index (Phi) is 6.11. The van der Waals surface area contributed by atoms with Crippen LogP contribution in [0.5, 0.6) is 0 Å². The molecule has 27 heavy (non-hydrogen) atoms. The standard InChI is InChI=1S/C19H22N2O4S2/c1-14-3-5-16(20-19(22)8-7-17-6-4-15(2)26-17)13-18(14)27(23,24)21-9-11-25-12-10-21/h3-8,13H,9-12H2,1-2H3,(H,20,22)/b8-7+. The molecule has 0 bridgehead atoms. The average molecular weight is 407 g/mol. The Labute approximate surface area is 163 Å². The van der Waals surface area contributed by atoms with Gasteiger partial charge in [0.25, 0.3) is 0 Å². The Hall–Kier alpha value is -2.00. The van der Waals surface area contributed by atoms with Crippen LogP contribution in [0.4, 0.5) is 5.69 Å². The van der Waals surface area contributed by atoms with E-state index in [0.29, 0.717) is 37.6 Å². The first-order valence-corrected chi connectivity index (χ1v) is 10.9. The van der Waals surface area contributed by atoms with E-state index in [1.807, 2.05) is 19.1 Å². The van der Waals surface area contributed by atoms with E-state index in [1.54, 1.807) is 36.5 Å². The van der Waals surface area contributed by atoms with Crippen LogP contribution in [0.1, 0.15) is 15.3 Å². The lowest BCUT2D eigenvalue weighted by Crippen LogP contribution is -2.40. The number of nitrogens with zero attached hydrogens (tertiary/aromatic N) is 1. The van der Waals surface area contributed by atoms with Crippen LogP contribution < -0.4 is 5.32 Å². The number of rotatable bonds is 5. The number of morpholine rings is 1. The van der Waals surface area contributed by atoms with Crippen molar-refractivity contribution in [3.63, 3.8) is 0 Å². The predicted octanol–water partition coefficient (Wildman–Crippen LogP) is 3.04. The van der Waals surface area contributed by atoms with Crippen molar-refractivity contribution in [2.75, 3.05) is 31.6 Å². The molecule has 0 radical (unpaired) electrons. The van der Waals surface area contributed by atoms with Gasteiger partial charge in [-0.15, -0.1) is 11.3 Å². The first kappa shape index (κ1) is 19.8. The molecular formula is C19H22N2O4S2. The van der Waals surface area contributed by atoms with Gasteiger partial charge in [0.2, 0.25) is 15.9 Å². The fraction of sp³-hybridized carbons (Fsp3) is 0.316. The summed E-state index contributed by atoms with van der Waals surface area (Å²) in [6.45, 7) is 5.20. The van der Waals surface area contributed by atoms with E-state index in [4.69, 9.17) is 4.74 Å². The molecule has 0 spiro atoms. The van der Waals surface area contributed by atoms with Crippen molar-refractivity contribution in [3.8, 4) is 0 Å². The third-order valence-electron chi connectivity index (χ3n) is 4.20. The van der Waals surface area contributed by atoms with Gasteiger partial charge in [0, 0.05) is 34.6 Å². The summed E-state index contributed by atoms with van der Waals surface area (Å²) in [7, 11) is -3.62. The van der Waals surface area contributed by atoms with E-state index in [1.165, 1.54) is 21.3 Å². The smallest absolute Gasteiger partial charge is 0.248 e. The van der Waals surface area contributed by atoms with Gasteiger partial charge in [-0.25, -0.2) is 8.42 Å². The van der Waals surface area contributed by atoms with Gasteiger partial charge in [0.05, 0.1) is 18.1 Å². The van der Waals surface area contributed by atoms with Crippen LogP contribution in [-0.4, -0.2) is 44.9 Å². The quantitative estimate of drug-likeness (QED) is 0.775. The molecule has 2 heterocycles. The number of nitrogens with one attached hydrogen (secondary N) is 1. The molecular weight excluding hydrogens is 384 g/mol. The van der Waals surface area contributed by atoms with Crippen LogP contribution in [0.2, 0.25) is 0 Å². The number of hydrogen-bond donors (Lipinski definition) is 1. The van der Waals surface area contributed by atoms with E-state index < -0.39 is 10.0 Å². The van der Waals surface area contributed by atoms with Gasteiger partial charge in [0.15, 0.2) is 0 Å². The number of thiophene rings is 1. The lowest BCUT2D eigenvalue weighted by atomic mass is 10.2. The van der Waals surface area contributed by atoms with Crippen LogP contribution >= 0.6 is 11.3 Å². The molecule has 0 unspecified atom stereocenters. The fourth-order valence-electron chi connectivity index (χ4n) is 2.77. The Balaban J connectivity index is 1.76. The Morgan fingerprint density at radius 3 is 2.59 bits per heavy atom. The number of anilines is 1. The molecule has 1 aliphatic heterocycles. The molecule has 144 valence electrons. The second kappa shape index (κ2) is 8.35. The monoisotopic (exact) mass is 406 g/mol. The van der Waals surface area contributed by atoms with Crippen molar-refractivity contribution in [2.45, 2.75) is 18.7 Å². The van der Waals surface area contributed by atoms with Gasteiger partial charge in [-0.2, -0.15) is 4.31 Å². The minimum atomic E-state index is -3.62. The summed E-state index contributed by atoms with van der Waals surface area (Å²) in [5.74, 6) is -0.306. The number of aryl methyl sites for hydroxylation is 2. The highest BCUT2D eigenvalue weighted by Crippen LogP contribution is 2.24. The van der Waals surface area contributed by atoms with Gasteiger partial charge < -0.3 is 10.1 Å². The van der Waals surface area contributed by atoms with Crippen molar-refractivity contribution in [3.05, 3.63) is 51.7 Å². The molecule has 1 saturated heterocycles. The zero-order chi connectivity index (χ0) is 19.4. The Morgan fingerprint density at radius 1 is 1.19 bits per heavy atom. The van der Waals surface area contributed by atoms with Gasteiger partial charge in [-0.1, -0.05) is 6.07 Å². The topological polar surface area (TPSA) is 75.7 Å². The Morgan fingerprint density at radius 2 is 1.93 bits per heavy atom. The zero-order valence-corrected chi connectivity index (χ0v) is 16.9. The summed E-state index contributed by atoms with van der Waals surface area (Å²) in [5, 5.41) is 2.73. The molecule has 6 nitrogen and oxygen atoms in total. The minimum absolute atomic E-state index is 0.208. The molecule has 1 aromatic carbocycles. The van der Waals surface area contributed by atoms with E-state index >= 15 is 0 Å². The number of benzene rings is 1. The minimum Gasteiger partial charge on any atom is -0.379 e. The third kappa shape index (κ3) is 4.84. The summed E-state index contributed by atoms with van der Waals surface area (Å²) in [4.78, 5) is 14.5. The normalized spacial score (nSPS) is 15.9. The maximum atomic E-state index is 12.9. The van der Waals surface area contributed by atoms with Gasteiger partial charge in [-0.05, 0) is 49.8 Å². The lowest BCUT2D eigenvalue weighted by molar-refractivity contribution is -0.111. The molecule has 1 aromatic heterocycles. The highest BCUT2D eigenvalue weighted by Gasteiger charge is 2.28. The second-order valence-electron chi connectivity index (χ2n) is 6.27. The molecule has 0 saturated carbocycles. The SMILES string of the molecule is Cc1ccc(/C=C/C(=O)Nc2ccc(C)c(S(=O)(=O)N3CCOCC3)c2)s1. The zero-order valence-electron chi connectivity index (χ0n) is 15.3. The fourth-order valence-corrected chi connectivity index (χ4v) is 5.21. The summed E-state index contributed by atoms with van der Waals surface area (Å²) in [5.41, 5.74) is 1.09. The number of hydrogen-bond acceptors (Lipinski definition) is 5. The third-order valence-corrected chi connectivity index (χ3v) is 7.21. The van der Waals surface area contributed by atoms with Crippen molar-refractivity contribution in [2.24, 2.45) is 0 Å². The first-order valence-electron chi connectivity index (χ1n) is 8.60. The van der Waals surface area contributed by atoms with Crippen LogP contribution in [0.25, 0.3) is 6.08 Å². The maximum absolute atomic E-state index is 12.9. The molecule has 2 aromatic rings. The molecule has 0 atom stereocenters. The molecule has 3 rings (SSSR count). The molecule has 1 aliphatic rings. The number of carbonyl (C=O) groups excluding carboxylic acids is 1. The van der Waals surface area contributed by atoms with Crippen LogP contribution in [-0.2, 0) is 19.6 Å². The van der Waals surface area contributed by atoms with Gasteiger partial charge in [0.1, 0.15) is 0 Å². The number of sulfonamides is 1. The average Bonchev–Trinajstić information content (AvgIpc) is 3.07.